The summed E-state index contributed by atoms with van der Waals surface area (Å²) in [5.74, 6) is -0.926. The van der Waals surface area contributed by atoms with Gasteiger partial charge in [0.1, 0.15) is 17.6 Å². The summed E-state index contributed by atoms with van der Waals surface area (Å²) in [7, 11) is 0. The van der Waals surface area contributed by atoms with Crippen LogP contribution in [0.4, 0.5) is 26.3 Å². The van der Waals surface area contributed by atoms with Crippen LogP contribution in [0, 0.1) is 11.3 Å². The molecular formula is C21H11F6NO2. The Labute approximate surface area is 166 Å². The van der Waals surface area contributed by atoms with Crippen molar-refractivity contribution < 1.29 is 35.8 Å². The molecule has 0 aromatic heterocycles. The molecule has 0 aliphatic rings. The molecule has 0 aliphatic heterocycles. The number of hydrogen-bond donors (Lipinski definition) is 0. The molecule has 3 aromatic carbocycles. The van der Waals surface area contributed by atoms with Gasteiger partial charge in [-0.1, -0.05) is 42.5 Å². The Morgan fingerprint density at radius 3 is 1.40 bits per heavy atom. The van der Waals surface area contributed by atoms with E-state index in [2.05, 4.69) is 9.47 Å². The van der Waals surface area contributed by atoms with Crippen molar-refractivity contribution in [3.8, 4) is 39.8 Å². The summed E-state index contributed by atoms with van der Waals surface area (Å²) in [6.07, 6.45) is -9.76. The third-order valence-electron chi connectivity index (χ3n) is 3.93. The molecule has 3 rings (SSSR count). The maximum absolute atomic E-state index is 12.5. The zero-order chi connectivity index (χ0) is 21.9. The fourth-order valence-corrected chi connectivity index (χ4v) is 2.88. The third kappa shape index (κ3) is 5.23. The Morgan fingerprint density at radius 1 is 0.633 bits per heavy atom. The van der Waals surface area contributed by atoms with E-state index in [1.807, 2.05) is 6.07 Å². The molecule has 0 spiro atoms. The van der Waals surface area contributed by atoms with E-state index in [1.165, 1.54) is 36.4 Å². The van der Waals surface area contributed by atoms with Gasteiger partial charge < -0.3 is 9.47 Å². The fourth-order valence-electron chi connectivity index (χ4n) is 2.88. The van der Waals surface area contributed by atoms with Gasteiger partial charge in [0, 0.05) is 11.1 Å². The molecule has 0 N–H and O–H groups in total. The molecule has 30 heavy (non-hydrogen) atoms. The van der Waals surface area contributed by atoms with Crippen LogP contribution in [-0.4, -0.2) is 12.7 Å². The summed E-state index contributed by atoms with van der Waals surface area (Å²) in [6, 6.07) is 16.7. The molecule has 0 bridgehead atoms. The highest BCUT2D eigenvalue weighted by atomic mass is 19.4. The van der Waals surface area contributed by atoms with E-state index in [-0.39, 0.29) is 16.7 Å². The summed E-state index contributed by atoms with van der Waals surface area (Å²) in [5.41, 5.74) is 1.22. The minimum Gasteiger partial charge on any atom is -0.406 e. The Bertz CT molecular complexity index is 1020. The molecular weight excluding hydrogens is 412 g/mol. The van der Waals surface area contributed by atoms with Gasteiger partial charge in [-0.25, -0.2) is 0 Å². The summed E-state index contributed by atoms with van der Waals surface area (Å²) < 4.78 is 82.8. The SMILES string of the molecule is N#Cc1c(-c2cccc(OC(F)(F)F)c2)cccc1-c1cccc(OC(F)(F)F)c1. The average molecular weight is 423 g/mol. The first-order valence-corrected chi connectivity index (χ1v) is 8.31. The lowest BCUT2D eigenvalue weighted by Crippen LogP contribution is -2.17. The lowest BCUT2D eigenvalue weighted by molar-refractivity contribution is -0.275. The number of rotatable bonds is 4. The van der Waals surface area contributed by atoms with Crippen molar-refractivity contribution in [1.82, 2.24) is 0 Å². The summed E-state index contributed by atoms with van der Waals surface area (Å²) in [4.78, 5) is 0. The first-order chi connectivity index (χ1) is 14.1. The number of nitrogens with zero attached hydrogens (tertiary/aromatic N) is 1. The van der Waals surface area contributed by atoms with Crippen LogP contribution in [0.5, 0.6) is 11.5 Å². The fraction of sp³-hybridized carbons (Fsp3) is 0.0952. The van der Waals surface area contributed by atoms with Gasteiger partial charge in [-0.2, -0.15) is 5.26 Å². The maximum Gasteiger partial charge on any atom is 0.573 e. The van der Waals surface area contributed by atoms with E-state index in [9.17, 15) is 31.6 Å². The monoisotopic (exact) mass is 423 g/mol. The van der Waals surface area contributed by atoms with Crippen LogP contribution in [0.15, 0.2) is 66.7 Å². The molecule has 0 unspecified atom stereocenters. The zero-order valence-electron chi connectivity index (χ0n) is 14.9. The predicted molar refractivity (Wildman–Crippen MR) is 95.4 cm³/mol. The molecule has 0 saturated carbocycles. The molecule has 3 nitrogen and oxygen atoms in total. The van der Waals surface area contributed by atoms with Crippen LogP contribution < -0.4 is 9.47 Å². The van der Waals surface area contributed by atoms with Crippen LogP contribution in [0.1, 0.15) is 5.56 Å². The van der Waals surface area contributed by atoms with E-state index >= 15 is 0 Å². The van der Waals surface area contributed by atoms with Gasteiger partial charge in [0.05, 0.1) is 5.56 Å². The highest BCUT2D eigenvalue weighted by Gasteiger charge is 2.32. The van der Waals surface area contributed by atoms with Crippen LogP contribution >= 0.6 is 0 Å². The Hall–Kier alpha value is -3.67. The van der Waals surface area contributed by atoms with E-state index in [4.69, 9.17) is 0 Å². The van der Waals surface area contributed by atoms with Gasteiger partial charge in [0.25, 0.3) is 0 Å². The molecule has 0 heterocycles. The minimum absolute atomic E-state index is 0.0748. The normalized spacial score (nSPS) is 11.6. The lowest BCUT2D eigenvalue weighted by atomic mass is 9.92. The number of benzene rings is 3. The molecule has 0 saturated heterocycles. The molecule has 0 fully saturated rings. The van der Waals surface area contributed by atoms with E-state index in [1.54, 1.807) is 6.07 Å². The standard InChI is InChI=1S/C21H11F6NO2/c22-20(23,24)29-15-6-1-4-13(10-15)17-8-3-9-18(19(17)12-28)14-5-2-7-16(11-14)30-21(25,26)27/h1-11H. The first-order valence-electron chi connectivity index (χ1n) is 8.31. The van der Waals surface area contributed by atoms with Gasteiger partial charge in [0.2, 0.25) is 0 Å². The summed E-state index contributed by atoms with van der Waals surface area (Å²) >= 11 is 0. The second-order valence-electron chi connectivity index (χ2n) is 5.99. The van der Waals surface area contributed by atoms with Gasteiger partial charge >= 0.3 is 12.7 Å². The van der Waals surface area contributed by atoms with Crippen molar-refractivity contribution in [3.63, 3.8) is 0 Å². The van der Waals surface area contributed by atoms with Crippen molar-refractivity contribution in [3.05, 3.63) is 72.3 Å². The number of halogens is 6. The molecule has 3 aromatic rings. The predicted octanol–water partition coefficient (Wildman–Crippen LogP) is 6.69. The highest BCUT2D eigenvalue weighted by molar-refractivity contribution is 5.82. The van der Waals surface area contributed by atoms with Gasteiger partial charge in [0.15, 0.2) is 0 Å². The van der Waals surface area contributed by atoms with E-state index in [0.717, 1.165) is 24.3 Å². The first kappa shape index (κ1) is 21.0. The Kier molecular flexibility index (Phi) is 5.60. The smallest absolute Gasteiger partial charge is 0.406 e. The van der Waals surface area contributed by atoms with Crippen molar-refractivity contribution in [2.24, 2.45) is 0 Å². The van der Waals surface area contributed by atoms with Crippen molar-refractivity contribution in [2.75, 3.05) is 0 Å². The van der Waals surface area contributed by atoms with Crippen LogP contribution in [0.25, 0.3) is 22.3 Å². The van der Waals surface area contributed by atoms with E-state index < -0.39 is 24.2 Å². The second-order valence-corrected chi connectivity index (χ2v) is 5.99. The van der Waals surface area contributed by atoms with Crippen LogP contribution in [-0.2, 0) is 0 Å². The largest absolute Gasteiger partial charge is 0.573 e. The molecule has 0 amide bonds. The maximum atomic E-state index is 12.5. The lowest BCUT2D eigenvalue weighted by Gasteiger charge is -2.14. The number of hydrogen-bond acceptors (Lipinski definition) is 3. The molecule has 0 aliphatic carbocycles. The molecule has 0 atom stereocenters. The van der Waals surface area contributed by atoms with Crippen molar-refractivity contribution >= 4 is 0 Å². The Balaban J connectivity index is 2.06. The minimum atomic E-state index is -4.88. The summed E-state index contributed by atoms with van der Waals surface area (Å²) in [6.45, 7) is 0. The quantitative estimate of drug-likeness (QED) is 0.439. The van der Waals surface area contributed by atoms with Gasteiger partial charge in [-0.05, 0) is 35.4 Å². The molecule has 9 heteroatoms. The Morgan fingerprint density at radius 2 is 1.03 bits per heavy atom. The van der Waals surface area contributed by atoms with Gasteiger partial charge in [-0.3, -0.25) is 0 Å². The third-order valence-corrected chi connectivity index (χ3v) is 3.93. The van der Waals surface area contributed by atoms with Crippen molar-refractivity contribution in [2.45, 2.75) is 12.7 Å². The van der Waals surface area contributed by atoms with Crippen molar-refractivity contribution in [1.29, 1.82) is 5.26 Å². The van der Waals surface area contributed by atoms with Crippen LogP contribution in [0.3, 0.4) is 0 Å². The second kappa shape index (κ2) is 7.99. The number of alkyl halides is 6. The molecule has 154 valence electrons. The average Bonchev–Trinajstić information content (AvgIpc) is 2.65. The number of ether oxygens (including phenoxy) is 2. The van der Waals surface area contributed by atoms with Crippen LogP contribution in [0.2, 0.25) is 0 Å². The molecule has 0 radical (unpaired) electrons. The number of nitriles is 1. The van der Waals surface area contributed by atoms with Gasteiger partial charge in [-0.15, -0.1) is 26.3 Å². The topological polar surface area (TPSA) is 42.2 Å². The van der Waals surface area contributed by atoms with E-state index in [0.29, 0.717) is 11.1 Å². The summed E-state index contributed by atoms with van der Waals surface area (Å²) in [5, 5.41) is 9.66. The zero-order valence-corrected chi connectivity index (χ0v) is 14.9. The highest BCUT2D eigenvalue weighted by Crippen LogP contribution is 2.36.